The third kappa shape index (κ3) is 58.3. The number of nitrogens with zero attached hydrogens (tertiary/aromatic N) is 1. The molecule has 9 nitrogen and oxygen atoms in total. The third-order valence-corrected chi connectivity index (χ3v) is 15.6. The largest absolute Gasteiger partial charge is 0.756 e. The molecule has 0 aliphatic rings. The first kappa shape index (κ1) is 71.0. The van der Waals surface area contributed by atoms with Gasteiger partial charge in [-0.15, -0.1) is 0 Å². The summed E-state index contributed by atoms with van der Waals surface area (Å²) >= 11 is 0. The highest BCUT2D eigenvalue weighted by molar-refractivity contribution is 7.45. The number of likely N-dealkylation sites (N-methyl/N-ethyl adjacent to an activating group) is 1. The lowest BCUT2D eigenvalue weighted by Gasteiger charge is -2.28. The number of ether oxygens (including phenoxy) is 2. The highest BCUT2D eigenvalue weighted by Crippen LogP contribution is 2.38. The summed E-state index contributed by atoms with van der Waals surface area (Å²) in [6.45, 7) is 4.32. The van der Waals surface area contributed by atoms with E-state index in [0.717, 1.165) is 32.1 Å². The van der Waals surface area contributed by atoms with Gasteiger partial charge in [0, 0.05) is 12.8 Å². The number of phosphoric ester groups is 1. The molecule has 0 N–H and O–H groups in total. The summed E-state index contributed by atoms with van der Waals surface area (Å²) in [7, 11) is 1.19. The van der Waals surface area contributed by atoms with Crippen LogP contribution in [0.25, 0.3) is 0 Å². The van der Waals surface area contributed by atoms with Gasteiger partial charge in [0.15, 0.2) is 6.10 Å². The molecule has 0 rings (SSSR count). The van der Waals surface area contributed by atoms with Crippen LogP contribution < -0.4 is 4.89 Å². The highest BCUT2D eigenvalue weighted by atomic mass is 31.2. The summed E-state index contributed by atoms with van der Waals surface area (Å²) in [4.78, 5) is 37.9. The Hall–Kier alpha value is -0.990. The molecule has 2 unspecified atom stereocenters. The summed E-state index contributed by atoms with van der Waals surface area (Å²) in [6, 6.07) is 0. The molecule has 0 aromatic heterocycles. The van der Waals surface area contributed by atoms with Crippen molar-refractivity contribution in [3.8, 4) is 0 Å². The maximum absolute atomic E-state index is 12.8. The number of carbonyl (C=O) groups is 2. The molecule has 0 aliphatic heterocycles. The van der Waals surface area contributed by atoms with Crippen LogP contribution in [0.15, 0.2) is 0 Å². The summed E-state index contributed by atoms with van der Waals surface area (Å²) in [5.41, 5.74) is 0. The maximum Gasteiger partial charge on any atom is 0.306 e. The van der Waals surface area contributed by atoms with Crippen molar-refractivity contribution in [2.24, 2.45) is 0 Å². The van der Waals surface area contributed by atoms with E-state index in [-0.39, 0.29) is 32.0 Å². The molecule has 2 atom stereocenters. The zero-order valence-corrected chi connectivity index (χ0v) is 49.8. The first-order valence-electron chi connectivity index (χ1n) is 31.7. The molecule has 0 saturated carbocycles. The van der Waals surface area contributed by atoms with Crippen LogP contribution >= 0.6 is 7.82 Å². The number of carbonyl (C=O) groups excluding carboxylic acids is 2. The number of unbranched alkanes of at least 4 members (excludes halogenated alkanes) is 46. The number of esters is 2. The van der Waals surface area contributed by atoms with Gasteiger partial charge in [-0.3, -0.25) is 14.2 Å². The van der Waals surface area contributed by atoms with Gasteiger partial charge in [0.05, 0.1) is 27.7 Å². The third-order valence-electron chi connectivity index (χ3n) is 14.6. The van der Waals surface area contributed by atoms with Crippen molar-refractivity contribution in [1.82, 2.24) is 0 Å². The van der Waals surface area contributed by atoms with Crippen LogP contribution in [0.2, 0.25) is 0 Å². The van der Waals surface area contributed by atoms with Gasteiger partial charge in [-0.1, -0.05) is 309 Å². The minimum atomic E-state index is -4.63. The van der Waals surface area contributed by atoms with Crippen LogP contribution in [-0.4, -0.2) is 70.0 Å². The quantitative estimate of drug-likeness (QED) is 0.0256. The Morgan fingerprint density at radius 1 is 0.375 bits per heavy atom. The lowest BCUT2D eigenvalue weighted by molar-refractivity contribution is -0.870. The fourth-order valence-electron chi connectivity index (χ4n) is 9.72. The zero-order chi connectivity index (χ0) is 52.7. The summed E-state index contributed by atoms with van der Waals surface area (Å²) < 4.78 is 34.2. The first-order chi connectivity index (χ1) is 35.0. The molecule has 0 aromatic carbocycles. The SMILES string of the molecule is CCCCCCCCCCCCCCCCCCCCCCCCCCCCCCCC(=O)OC(COC(=O)CCCCCCCCCCCCCCCCCCCCC)COP(=O)([O-])OCC[N+](C)(C)C. The van der Waals surface area contributed by atoms with Crippen LogP contribution in [-0.2, 0) is 32.7 Å². The first-order valence-corrected chi connectivity index (χ1v) is 33.2. The van der Waals surface area contributed by atoms with Crippen LogP contribution in [0, 0.1) is 0 Å². The minimum absolute atomic E-state index is 0.0250. The van der Waals surface area contributed by atoms with E-state index in [1.54, 1.807) is 0 Å². The average Bonchev–Trinajstić information content (AvgIpc) is 3.34. The molecule has 0 amide bonds. The van der Waals surface area contributed by atoms with Gasteiger partial charge in [-0.2, -0.15) is 0 Å². The fraction of sp³-hybridized carbons (Fsp3) is 0.968. The van der Waals surface area contributed by atoms with Gasteiger partial charge < -0.3 is 27.9 Å². The fourth-order valence-corrected chi connectivity index (χ4v) is 10.4. The number of phosphoric acid groups is 1. The molecule has 0 fully saturated rings. The Balaban J connectivity index is 4.01. The van der Waals surface area contributed by atoms with Crippen LogP contribution in [0.5, 0.6) is 0 Å². The zero-order valence-electron chi connectivity index (χ0n) is 48.9. The molecule has 0 heterocycles. The number of rotatable bonds is 60. The van der Waals surface area contributed by atoms with Crippen molar-refractivity contribution in [2.45, 2.75) is 341 Å². The monoisotopic (exact) mass is 1040 g/mol. The Bertz CT molecular complexity index is 1180. The van der Waals surface area contributed by atoms with E-state index in [2.05, 4.69) is 13.8 Å². The molecule has 0 saturated heterocycles. The second-order valence-electron chi connectivity index (χ2n) is 23.1. The van der Waals surface area contributed by atoms with E-state index < -0.39 is 26.5 Å². The van der Waals surface area contributed by atoms with Crippen molar-refractivity contribution in [1.29, 1.82) is 0 Å². The Labute approximate surface area is 448 Å². The lowest BCUT2D eigenvalue weighted by atomic mass is 10.0. The van der Waals surface area contributed by atoms with E-state index in [0.29, 0.717) is 17.4 Å². The van der Waals surface area contributed by atoms with E-state index in [4.69, 9.17) is 18.5 Å². The van der Waals surface area contributed by atoms with Crippen molar-refractivity contribution in [2.75, 3.05) is 47.5 Å². The van der Waals surface area contributed by atoms with E-state index >= 15 is 0 Å². The van der Waals surface area contributed by atoms with Gasteiger partial charge in [-0.05, 0) is 12.8 Å². The molecule has 0 radical (unpaired) electrons. The van der Waals surface area contributed by atoms with Crippen molar-refractivity contribution >= 4 is 19.8 Å². The van der Waals surface area contributed by atoms with Crippen molar-refractivity contribution in [3.05, 3.63) is 0 Å². The Morgan fingerprint density at radius 2 is 0.625 bits per heavy atom. The summed E-state index contributed by atoms with van der Waals surface area (Å²) in [5.74, 6) is -0.807. The molecular weight excluding hydrogens is 918 g/mol. The average molecular weight is 1040 g/mol. The van der Waals surface area contributed by atoms with Crippen molar-refractivity contribution in [3.63, 3.8) is 0 Å². The second-order valence-corrected chi connectivity index (χ2v) is 24.6. The van der Waals surface area contributed by atoms with Gasteiger partial charge in [0.25, 0.3) is 7.82 Å². The molecule has 10 heteroatoms. The topological polar surface area (TPSA) is 111 Å². The molecular formula is C62H124NO8P. The van der Waals surface area contributed by atoms with E-state index in [1.807, 2.05) is 21.1 Å². The molecule has 430 valence electrons. The Morgan fingerprint density at radius 3 is 0.889 bits per heavy atom. The van der Waals surface area contributed by atoms with Gasteiger partial charge in [0.2, 0.25) is 0 Å². The predicted molar refractivity (Wildman–Crippen MR) is 305 cm³/mol. The van der Waals surface area contributed by atoms with Gasteiger partial charge in [0.1, 0.15) is 19.8 Å². The smallest absolute Gasteiger partial charge is 0.306 e. The van der Waals surface area contributed by atoms with E-state index in [1.165, 1.54) is 270 Å². The lowest BCUT2D eigenvalue weighted by Crippen LogP contribution is -2.37. The number of hydrogen-bond donors (Lipinski definition) is 0. The van der Waals surface area contributed by atoms with E-state index in [9.17, 15) is 19.0 Å². The van der Waals surface area contributed by atoms with Crippen LogP contribution in [0.4, 0.5) is 0 Å². The maximum atomic E-state index is 12.8. The molecule has 0 aliphatic carbocycles. The highest BCUT2D eigenvalue weighted by Gasteiger charge is 2.22. The number of quaternary nitrogens is 1. The molecule has 72 heavy (non-hydrogen) atoms. The molecule has 0 bridgehead atoms. The summed E-state index contributed by atoms with van der Waals surface area (Å²) in [6.07, 6.45) is 63.1. The normalized spacial score (nSPS) is 13.1. The second kappa shape index (κ2) is 54.8. The van der Waals surface area contributed by atoms with Gasteiger partial charge in [-0.25, -0.2) is 0 Å². The minimum Gasteiger partial charge on any atom is -0.756 e. The number of hydrogen-bond acceptors (Lipinski definition) is 8. The van der Waals surface area contributed by atoms with Crippen LogP contribution in [0.3, 0.4) is 0 Å². The Kier molecular flexibility index (Phi) is 54.0. The van der Waals surface area contributed by atoms with Gasteiger partial charge >= 0.3 is 11.9 Å². The van der Waals surface area contributed by atoms with Crippen LogP contribution in [0.1, 0.15) is 335 Å². The molecule has 0 spiro atoms. The predicted octanol–water partition coefficient (Wildman–Crippen LogP) is 19.2. The standard InChI is InChI=1S/C62H124NO8P/c1-6-8-10-12-14-16-18-20-22-24-26-27-28-29-30-31-32-33-34-35-37-39-41-43-45-47-49-51-53-55-62(65)71-60(59-70-72(66,67)69-57-56-63(3,4)5)58-68-61(64)54-52-50-48-46-44-42-40-38-36-25-23-21-19-17-15-13-11-9-7-2/h60H,6-59H2,1-5H3. The summed E-state index contributed by atoms with van der Waals surface area (Å²) in [5, 5.41) is 0. The molecule has 0 aromatic rings. The van der Waals surface area contributed by atoms with Crippen molar-refractivity contribution < 1.29 is 42.1 Å².